The van der Waals surface area contributed by atoms with Gasteiger partial charge < -0.3 is 25.6 Å². The van der Waals surface area contributed by atoms with E-state index in [1.807, 2.05) is 42.5 Å². The molecule has 7 nitrogen and oxygen atoms in total. The average molecular weight is 459 g/mol. The number of benzene rings is 2. The highest BCUT2D eigenvalue weighted by Gasteiger charge is 2.39. The summed E-state index contributed by atoms with van der Waals surface area (Å²) < 4.78 is 6.33. The first-order chi connectivity index (χ1) is 16.3. The predicted octanol–water partition coefficient (Wildman–Crippen LogP) is 5.23. The zero-order valence-electron chi connectivity index (χ0n) is 19.8. The molecule has 0 bridgehead atoms. The van der Waals surface area contributed by atoms with Gasteiger partial charge in [-0.25, -0.2) is 0 Å². The lowest BCUT2D eigenvalue weighted by Gasteiger charge is -2.35. The van der Waals surface area contributed by atoms with Crippen molar-refractivity contribution in [3.8, 4) is 0 Å². The number of nitrogens with zero attached hydrogens (tertiary/aromatic N) is 1. The van der Waals surface area contributed by atoms with Crippen LogP contribution in [0, 0.1) is 0 Å². The molecular weight excluding hydrogens is 428 g/mol. The molecule has 0 aliphatic carbocycles. The number of ether oxygens (including phenoxy) is 1. The Balaban J connectivity index is 1.43. The van der Waals surface area contributed by atoms with Crippen LogP contribution in [0.2, 0.25) is 0 Å². The summed E-state index contributed by atoms with van der Waals surface area (Å²) in [6, 6.07) is 13.3. The molecule has 3 N–H and O–H groups in total. The highest BCUT2D eigenvalue weighted by atomic mass is 16.5. The van der Waals surface area contributed by atoms with Crippen LogP contribution in [0.5, 0.6) is 0 Å². The molecule has 0 unspecified atom stereocenters. The molecule has 0 atom stereocenters. The molecule has 1 fully saturated rings. The topological polar surface area (TPSA) is 82.7 Å². The van der Waals surface area contributed by atoms with E-state index in [2.05, 4.69) is 40.8 Å². The highest BCUT2D eigenvalue weighted by Crippen LogP contribution is 2.43. The molecule has 1 saturated heterocycles. The quantitative estimate of drug-likeness (QED) is 0.547. The molecule has 3 aliphatic heterocycles. The lowest BCUT2D eigenvalue weighted by atomic mass is 10.0. The minimum absolute atomic E-state index is 0.118. The molecule has 7 heteroatoms. The maximum absolute atomic E-state index is 13.0. The Morgan fingerprint density at radius 2 is 1.76 bits per heavy atom. The van der Waals surface area contributed by atoms with Crippen molar-refractivity contribution in [2.24, 2.45) is 0 Å². The monoisotopic (exact) mass is 458 g/mol. The normalized spacial score (nSPS) is 20.9. The maximum Gasteiger partial charge on any atom is 0.260 e. The van der Waals surface area contributed by atoms with Crippen LogP contribution in [0.3, 0.4) is 0 Å². The molecule has 5 rings (SSSR count). The maximum atomic E-state index is 13.0. The Morgan fingerprint density at radius 1 is 1.03 bits per heavy atom. The van der Waals surface area contributed by atoms with Crippen LogP contribution in [0.25, 0.3) is 5.57 Å². The number of hydrogen-bond donors (Lipinski definition) is 3. The van der Waals surface area contributed by atoms with Crippen LogP contribution in [-0.2, 0) is 14.3 Å². The third kappa shape index (κ3) is 4.25. The van der Waals surface area contributed by atoms with Gasteiger partial charge in [0.05, 0.1) is 17.0 Å². The van der Waals surface area contributed by atoms with E-state index in [4.69, 9.17) is 4.74 Å². The molecule has 3 aliphatic rings. The van der Waals surface area contributed by atoms with Crippen molar-refractivity contribution in [1.82, 2.24) is 4.90 Å². The molecule has 0 saturated carbocycles. The van der Waals surface area contributed by atoms with Crippen LogP contribution in [0.15, 0.2) is 60.0 Å². The fraction of sp³-hybridized carbons (Fsp3) is 0.333. The van der Waals surface area contributed by atoms with Crippen molar-refractivity contribution < 1.29 is 14.3 Å². The lowest BCUT2D eigenvalue weighted by Crippen LogP contribution is -2.37. The third-order valence-corrected chi connectivity index (χ3v) is 6.43. The minimum atomic E-state index is -0.469. The number of rotatable bonds is 4. The average Bonchev–Trinajstić information content (AvgIpc) is 3.28. The van der Waals surface area contributed by atoms with E-state index < -0.39 is 5.60 Å². The van der Waals surface area contributed by atoms with Crippen LogP contribution in [0.4, 0.5) is 22.7 Å². The van der Waals surface area contributed by atoms with E-state index >= 15 is 0 Å². The first-order valence-electron chi connectivity index (χ1n) is 11.8. The van der Waals surface area contributed by atoms with Crippen molar-refractivity contribution in [3.63, 3.8) is 0 Å². The summed E-state index contributed by atoms with van der Waals surface area (Å²) in [6.07, 6.45) is 5.69. The van der Waals surface area contributed by atoms with Crippen molar-refractivity contribution >= 4 is 40.1 Å². The Kier molecular flexibility index (Phi) is 5.55. The van der Waals surface area contributed by atoms with Crippen LogP contribution >= 0.6 is 0 Å². The van der Waals surface area contributed by atoms with Crippen molar-refractivity contribution in [1.29, 1.82) is 0 Å². The first kappa shape index (κ1) is 22.1. The Hall–Kier alpha value is -3.74. The number of allylic oxidation sites excluding steroid dienone is 1. The Bertz CT molecular complexity index is 1220. The number of piperidine rings is 1. The number of amides is 2. The van der Waals surface area contributed by atoms with Gasteiger partial charge in [0, 0.05) is 48.7 Å². The second kappa shape index (κ2) is 8.56. The largest absolute Gasteiger partial charge is 0.481 e. The van der Waals surface area contributed by atoms with Crippen molar-refractivity contribution in [3.05, 3.63) is 65.6 Å². The molecule has 34 heavy (non-hydrogen) atoms. The minimum Gasteiger partial charge on any atom is -0.481 e. The number of fused-ring (bicyclic) bond motifs is 1. The van der Waals surface area contributed by atoms with Gasteiger partial charge in [0.15, 0.2) is 0 Å². The van der Waals surface area contributed by atoms with Gasteiger partial charge in [-0.05, 0) is 69.5 Å². The number of likely N-dealkylation sites (tertiary alicyclic amines) is 1. The molecule has 0 aromatic heterocycles. The van der Waals surface area contributed by atoms with Gasteiger partial charge in [-0.1, -0.05) is 6.07 Å². The fourth-order valence-corrected chi connectivity index (χ4v) is 4.92. The summed E-state index contributed by atoms with van der Waals surface area (Å²) in [6.45, 7) is 7.67. The van der Waals surface area contributed by atoms with Crippen molar-refractivity contribution in [2.75, 3.05) is 29.0 Å². The standard InChI is InChI=1S/C27H30N4O3/c1-17(32)28-18-8-7-9-19(14-18)29-20-10-11-21-22(15-20)30-26(33)25(21)23-16-24(27(2,3)34-23)31-12-5-4-6-13-31/h7-11,14-16,29H,4-6,12-13H2,1-3H3,(H,28,32)(H,30,33)/b25-23+. The Morgan fingerprint density at radius 3 is 2.53 bits per heavy atom. The van der Waals surface area contributed by atoms with E-state index in [0.717, 1.165) is 47.1 Å². The summed E-state index contributed by atoms with van der Waals surface area (Å²) in [4.78, 5) is 26.7. The number of hydrogen-bond acceptors (Lipinski definition) is 5. The predicted molar refractivity (Wildman–Crippen MR) is 135 cm³/mol. The second-order valence-corrected chi connectivity index (χ2v) is 9.53. The van der Waals surface area contributed by atoms with Gasteiger partial charge in [0.2, 0.25) is 5.91 Å². The van der Waals surface area contributed by atoms with Gasteiger partial charge in [-0.3, -0.25) is 9.59 Å². The van der Waals surface area contributed by atoms with Gasteiger partial charge in [0.1, 0.15) is 11.4 Å². The SMILES string of the molecule is CC(=O)Nc1cccc(Nc2ccc3c(c2)NC(=O)/C3=C2\C=C(N3CCCCC3)C(C)(C)O2)c1. The lowest BCUT2D eigenvalue weighted by molar-refractivity contribution is -0.114. The fourth-order valence-electron chi connectivity index (χ4n) is 4.92. The summed E-state index contributed by atoms with van der Waals surface area (Å²) >= 11 is 0. The van der Waals surface area contributed by atoms with Crippen LogP contribution in [0.1, 0.15) is 45.6 Å². The second-order valence-electron chi connectivity index (χ2n) is 9.53. The number of anilines is 4. The van der Waals surface area contributed by atoms with E-state index in [1.165, 1.54) is 26.2 Å². The zero-order valence-corrected chi connectivity index (χ0v) is 19.8. The molecule has 176 valence electrons. The first-order valence-corrected chi connectivity index (χ1v) is 11.8. The number of carbonyl (C=O) groups is 2. The van der Waals surface area contributed by atoms with Gasteiger partial charge in [0.25, 0.3) is 5.91 Å². The van der Waals surface area contributed by atoms with Gasteiger partial charge >= 0.3 is 0 Å². The molecule has 2 amide bonds. The molecule has 0 spiro atoms. The molecule has 2 aromatic rings. The molecular formula is C27H30N4O3. The Labute approximate surface area is 199 Å². The molecule has 3 heterocycles. The van der Waals surface area contributed by atoms with E-state index in [1.54, 1.807) is 0 Å². The van der Waals surface area contributed by atoms with Crippen LogP contribution in [-0.4, -0.2) is 35.4 Å². The van der Waals surface area contributed by atoms with Crippen LogP contribution < -0.4 is 16.0 Å². The summed E-state index contributed by atoms with van der Waals surface area (Å²) in [5.74, 6) is 0.361. The van der Waals surface area contributed by atoms with Crippen molar-refractivity contribution in [2.45, 2.75) is 45.6 Å². The van der Waals surface area contributed by atoms with E-state index in [0.29, 0.717) is 11.3 Å². The summed E-state index contributed by atoms with van der Waals surface area (Å²) in [7, 11) is 0. The summed E-state index contributed by atoms with van der Waals surface area (Å²) in [5, 5.41) is 9.12. The highest BCUT2D eigenvalue weighted by molar-refractivity contribution is 6.32. The van der Waals surface area contributed by atoms with E-state index in [-0.39, 0.29) is 11.8 Å². The molecule has 0 radical (unpaired) electrons. The zero-order chi connectivity index (χ0) is 23.9. The summed E-state index contributed by atoms with van der Waals surface area (Å²) in [5.41, 5.74) is 5.23. The number of carbonyl (C=O) groups excluding carboxylic acids is 2. The van der Waals surface area contributed by atoms with Gasteiger partial charge in [-0.15, -0.1) is 0 Å². The van der Waals surface area contributed by atoms with Gasteiger partial charge in [-0.2, -0.15) is 0 Å². The number of nitrogens with one attached hydrogen (secondary N) is 3. The van der Waals surface area contributed by atoms with E-state index in [9.17, 15) is 9.59 Å². The third-order valence-electron chi connectivity index (χ3n) is 6.43. The molecule has 2 aromatic carbocycles. The smallest absolute Gasteiger partial charge is 0.260 e.